The number of halogens is 1. The Balaban J connectivity index is 2.37. The molecule has 1 aliphatic heterocycles. The molecule has 1 aliphatic rings. The smallest absolute Gasteiger partial charge is 0.267 e. The van der Waals surface area contributed by atoms with Crippen LogP contribution >= 0.6 is 24.0 Å². The molecule has 0 bridgehead atoms. The van der Waals surface area contributed by atoms with Crippen molar-refractivity contribution in [3.63, 3.8) is 0 Å². The van der Waals surface area contributed by atoms with Crippen molar-refractivity contribution >= 4 is 40.3 Å². The SMILES string of the molecule is NN1C(=O)/C(=C\c2ccccc2F)SC1=S. The highest BCUT2D eigenvalue weighted by Gasteiger charge is 2.29. The van der Waals surface area contributed by atoms with Crippen molar-refractivity contribution < 1.29 is 9.18 Å². The van der Waals surface area contributed by atoms with E-state index in [0.717, 1.165) is 16.8 Å². The molecule has 1 aromatic rings. The molecule has 6 heteroatoms. The topological polar surface area (TPSA) is 46.3 Å². The number of nitrogens with zero attached hydrogens (tertiary/aromatic N) is 1. The number of thiocarbonyl (C=S) groups is 1. The van der Waals surface area contributed by atoms with Gasteiger partial charge < -0.3 is 0 Å². The van der Waals surface area contributed by atoms with Crippen molar-refractivity contribution in [1.29, 1.82) is 0 Å². The Bertz CT molecular complexity index is 501. The molecule has 2 rings (SSSR count). The van der Waals surface area contributed by atoms with E-state index in [1.807, 2.05) is 0 Å². The molecule has 1 amide bonds. The second-order valence-electron chi connectivity index (χ2n) is 3.07. The van der Waals surface area contributed by atoms with Crippen LogP contribution in [0.1, 0.15) is 5.56 Å². The Hall–Kier alpha value is -1.24. The Morgan fingerprint density at radius 2 is 2.12 bits per heavy atom. The summed E-state index contributed by atoms with van der Waals surface area (Å²) < 4.78 is 13.6. The van der Waals surface area contributed by atoms with E-state index in [1.54, 1.807) is 18.2 Å². The molecule has 0 radical (unpaired) electrons. The maximum Gasteiger partial charge on any atom is 0.280 e. The lowest BCUT2D eigenvalue weighted by Crippen LogP contribution is -2.34. The fourth-order valence-electron chi connectivity index (χ4n) is 1.21. The highest BCUT2D eigenvalue weighted by Crippen LogP contribution is 2.30. The van der Waals surface area contributed by atoms with Gasteiger partial charge in [0.1, 0.15) is 5.82 Å². The van der Waals surface area contributed by atoms with Crippen LogP contribution in [0.4, 0.5) is 4.39 Å². The lowest BCUT2D eigenvalue weighted by Gasteiger charge is -2.03. The number of thioether (sulfide) groups is 1. The van der Waals surface area contributed by atoms with Gasteiger partial charge in [0.15, 0.2) is 4.32 Å². The first-order chi connectivity index (χ1) is 7.59. The first-order valence-corrected chi connectivity index (χ1v) is 5.59. The van der Waals surface area contributed by atoms with Crippen LogP contribution in [-0.2, 0) is 4.79 Å². The Kier molecular flexibility index (Phi) is 3.04. The second-order valence-corrected chi connectivity index (χ2v) is 4.75. The minimum Gasteiger partial charge on any atom is -0.267 e. The van der Waals surface area contributed by atoms with Gasteiger partial charge in [-0.2, -0.15) is 0 Å². The van der Waals surface area contributed by atoms with Crippen LogP contribution in [0, 0.1) is 5.82 Å². The first-order valence-electron chi connectivity index (χ1n) is 4.37. The molecule has 0 atom stereocenters. The molecule has 0 unspecified atom stereocenters. The van der Waals surface area contributed by atoms with E-state index < -0.39 is 5.91 Å². The van der Waals surface area contributed by atoms with Gasteiger partial charge in [0, 0.05) is 5.56 Å². The predicted molar refractivity (Wildman–Crippen MR) is 65.6 cm³/mol. The number of nitrogens with two attached hydrogens (primary N) is 1. The molecule has 0 aromatic heterocycles. The molecular weight excluding hydrogens is 247 g/mol. The molecule has 1 aromatic carbocycles. The quantitative estimate of drug-likeness (QED) is 0.360. The molecule has 1 saturated heterocycles. The third kappa shape index (κ3) is 1.99. The average Bonchev–Trinajstić information content (AvgIpc) is 2.50. The van der Waals surface area contributed by atoms with E-state index in [0.29, 0.717) is 10.5 Å². The van der Waals surface area contributed by atoms with Gasteiger partial charge in [0.2, 0.25) is 0 Å². The summed E-state index contributed by atoms with van der Waals surface area (Å²) in [5.41, 5.74) is 0.344. The third-order valence-corrected chi connectivity index (χ3v) is 3.35. The van der Waals surface area contributed by atoms with Gasteiger partial charge in [-0.05, 0) is 12.1 Å². The number of hydrogen-bond donors (Lipinski definition) is 1. The molecule has 0 aliphatic carbocycles. The zero-order chi connectivity index (χ0) is 11.7. The van der Waals surface area contributed by atoms with Gasteiger partial charge >= 0.3 is 0 Å². The fraction of sp³-hybridized carbons (Fsp3) is 0. The number of hydrogen-bond acceptors (Lipinski definition) is 4. The minimum absolute atomic E-state index is 0.271. The number of amides is 1. The van der Waals surface area contributed by atoms with Gasteiger partial charge in [0.05, 0.1) is 4.91 Å². The van der Waals surface area contributed by atoms with Gasteiger partial charge in [-0.3, -0.25) is 4.79 Å². The van der Waals surface area contributed by atoms with Crippen LogP contribution in [0.3, 0.4) is 0 Å². The standard InChI is InChI=1S/C10H7FN2OS2/c11-7-4-2-1-3-6(7)5-8-9(14)13(12)10(15)16-8/h1-5H,12H2/b8-5+. The summed E-state index contributed by atoms with van der Waals surface area (Å²) >= 11 is 5.92. The Labute approximate surface area is 101 Å². The van der Waals surface area contributed by atoms with E-state index in [2.05, 4.69) is 0 Å². The molecule has 1 fully saturated rings. The number of rotatable bonds is 1. The third-order valence-electron chi connectivity index (χ3n) is 2.02. The molecule has 82 valence electrons. The summed E-state index contributed by atoms with van der Waals surface area (Å²) in [5.74, 6) is 4.60. The van der Waals surface area contributed by atoms with E-state index in [9.17, 15) is 9.18 Å². The molecule has 0 saturated carbocycles. The van der Waals surface area contributed by atoms with Crippen molar-refractivity contribution in [2.24, 2.45) is 5.84 Å². The van der Waals surface area contributed by atoms with Crippen LogP contribution in [0.5, 0.6) is 0 Å². The van der Waals surface area contributed by atoms with E-state index in [1.165, 1.54) is 12.1 Å². The maximum absolute atomic E-state index is 13.3. The van der Waals surface area contributed by atoms with Crippen molar-refractivity contribution in [2.75, 3.05) is 0 Å². The molecular formula is C10H7FN2OS2. The van der Waals surface area contributed by atoms with Gasteiger partial charge in [-0.25, -0.2) is 15.2 Å². The van der Waals surface area contributed by atoms with Crippen LogP contribution in [0.2, 0.25) is 0 Å². The maximum atomic E-state index is 13.3. The largest absolute Gasteiger partial charge is 0.280 e. The van der Waals surface area contributed by atoms with Crippen LogP contribution in [-0.4, -0.2) is 15.2 Å². The zero-order valence-corrected chi connectivity index (χ0v) is 9.65. The number of benzene rings is 1. The lowest BCUT2D eigenvalue weighted by molar-refractivity contribution is -0.122. The Morgan fingerprint density at radius 1 is 1.44 bits per heavy atom. The van der Waals surface area contributed by atoms with Crippen LogP contribution in [0.15, 0.2) is 29.2 Å². The van der Waals surface area contributed by atoms with Crippen molar-refractivity contribution in [3.05, 3.63) is 40.6 Å². The minimum atomic E-state index is -0.404. The average molecular weight is 254 g/mol. The first kappa shape index (κ1) is 11.3. The molecule has 2 N–H and O–H groups in total. The molecule has 0 spiro atoms. The van der Waals surface area contributed by atoms with Crippen molar-refractivity contribution in [1.82, 2.24) is 5.01 Å². The Morgan fingerprint density at radius 3 is 2.69 bits per heavy atom. The highest BCUT2D eigenvalue weighted by atomic mass is 32.2. The second kappa shape index (κ2) is 4.32. The fourth-order valence-corrected chi connectivity index (χ4v) is 2.31. The molecule has 16 heavy (non-hydrogen) atoms. The molecule has 1 heterocycles. The highest BCUT2D eigenvalue weighted by molar-refractivity contribution is 8.26. The number of carbonyl (C=O) groups excluding carboxylic acids is 1. The molecule has 3 nitrogen and oxygen atoms in total. The summed E-state index contributed by atoms with van der Waals surface area (Å²) in [6, 6.07) is 6.19. The summed E-state index contributed by atoms with van der Waals surface area (Å²) in [6.07, 6.45) is 1.45. The van der Waals surface area contributed by atoms with Crippen molar-refractivity contribution in [3.8, 4) is 0 Å². The summed E-state index contributed by atoms with van der Waals surface area (Å²) in [6.45, 7) is 0. The summed E-state index contributed by atoms with van der Waals surface area (Å²) in [4.78, 5) is 11.9. The van der Waals surface area contributed by atoms with Crippen LogP contribution in [0.25, 0.3) is 6.08 Å². The van der Waals surface area contributed by atoms with Gasteiger partial charge in [-0.15, -0.1) is 0 Å². The van der Waals surface area contributed by atoms with Crippen LogP contribution < -0.4 is 5.84 Å². The lowest BCUT2D eigenvalue weighted by atomic mass is 10.2. The van der Waals surface area contributed by atoms with E-state index >= 15 is 0 Å². The summed E-state index contributed by atoms with van der Waals surface area (Å²) in [7, 11) is 0. The number of carbonyl (C=O) groups is 1. The normalized spacial score (nSPS) is 18.6. The van der Waals surface area contributed by atoms with Crippen molar-refractivity contribution in [2.45, 2.75) is 0 Å². The predicted octanol–water partition coefficient (Wildman–Crippen LogP) is 1.90. The van der Waals surface area contributed by atoms with Gasteiger partial charge in [0.25, 0.3) is 5.91 Å². The van der Waals surface area contributed by atoms with E-state index in [-0.39, 0.29) is 10.1 Å². The zero-order valence-electron chi connectivity index (χ0n) is 8.01. The van der Waals surface area contributed by atoms with Gasteiger partial charge in [-0.1, -0.05) is 42.2 Å². The number of hydrazine groups is 1. The monoisotopic (exact) mass is 254 g/mol. The summed E-state index contributed by atoms with van der Waals surface area (Å²) in [5, 5.41) is 0.882. The van der Waals surface area contributed by atoms with E-state index in [4.69, 9.17) is 18.1 Å².